The topological polar surface area (TPSA) is 38.5 Å². The summed E-state index contributed by atoms with van der Waals surface area (Å²) >= 11 is 6.31. The third-order valence-corrected chi connectivity index (χ3v) is 3.68. The lowest BCUT2D eigenvalue weighted by Gasteiger charge is -2.36. The molecule has 2 N–H and O–H groups in total. The Hall–Kier alpha value is -1.09. The largest absolute Gasteiger partial charge is 0.497 e. The van der Waals surface area contributed by atoms with Gasteiger partial charge in [0.15, 0.2) is 0 Å². The minimum Gasteiger partial charge on any atom is -0.497 e. The van der Waals surface area contributed by atoms with E-state index in [1.165, 1.54) is 19.3 Å². The number of anilines is 2. The second kappa shape index (κ2) is 5.05. The molecule has 1 saturated heterocycles. The summed E-state index contributed by atoms with van der Waals surface area (Å²) in [4.78, 5) is 2.31. The average Bonchev–Trinajstić information content (AvgIpc) is 2.30. The quantitative estimate of drug-likeness (QED) is 0.823. The molecule has 1 aromatic carbocycles. The van der Waals surface area contributed by atoms with E-state index in [9.17, 15) is 0 Å². The zero-order valence-corrected chi connectivity index (χ0v) is 11.1. The third kappa shape index (κ3) is 2.44. The van der Waals surface area contributed by atoms with Gasteiger partial charge in [-0.25, -0.2) is 0 Å². The summed E-state index contributed by atoms with van der Waals surface area (Å²) in [5, 5.41) is 0.676. The van der Waals surface area contributed by atoms with Crippen molar-refractivity contribution in [2.75, 3.05) is 24.3 Å². The van der Waals surface area contributed by atoms with Gasteiger partial charge in [-0.05, 0) is 26.2 Å². The minimum absolute atomic E-state index is 0.497. The first kappa shape index (κ1) is 12.4. The van der Waals surface area contributed by atoms with E-state index < -0.39 is 0 Å². The van der Waals surface area contributed by atoms with E-state index in [-0.39, 0.29) is 0 Å². The van der Waals surface area contributed by atoms with Gasteiger partial charge in [0.2, 0.25) is 0 Å². The fourth-order valence-corrected chi connectivity index (χ4v) is 2.77. The smallest absolute Gasteiger partial charge is 0.122 e. The predicted molar refractivity (Wildman–Crippen MR) is 73.1 cm³/mol. The summed E-state index contributed by atoms with van der Waals surface area (Å²) in [6, 6.07) is 4.16. The maximum absolute atomic E-state index is 6.31. The Balaban J connectivity index is 2.37. The zero-order valence-electron chi connectivity index (χ0n) is 10.4. The van der Waals surface area contributed by atoms with Crippen molar-refractivity contribution in [1.29, 1.82) is 0 Å². The van der Waals surface area contributed by atoms with Gasteiger partial charge in [-0.15, -0.1) is 0 Å². The molecule has 17 heavy (non-hydrogen) atoms. The zero-order chi connectivity index (χ0) is 12.4. The Morgan fingerprint density at radius 2 is 2.18 bits per heavy atom. The summed E-state index contributed by atoms with van der Waals surface area (Å²) in [6.07, 6.45) is 3.68. The van der Waals surface area contributed by atoms with E-state index in [0.29, 0.717) is 22.5 Å². The highest BCUT2D eigenvalue weighted by molar-refractivity contribution is 6.34. The van der Waals surface area contributed by atoms with Crippen LogP contribution in [0.25, 0.3) is 0 Å². The van der Waals surface area contributed by atoms with Gasteiger partial charge in [0.05, 0.1) is 23.5 Å². The number of ether oxygens (including phenoxy) is 1. The first-order valence-electron chi connectivity index (χ1n) is 6.03. The van der Waals surface area contributed by atoms with Crippen molar-refractivity contribution in [2.45, 2.75) is 32.2 Å². The molecule has 1 heterocycles. The Labute approximate surface area is 107 Å². The molecule has 4 heteroatoms. The van der Waals surface area contributed by atoms with Crippen LogP contribution in [-0.2, 0) is 0 Å². The molecule has 1 atom stereocenters. The molecule has 0 aromatic heterocycles. The molecule has 0 aliphatic carbocycles. The molecule has 0 amide bonds. The number of benzene rings is 1. The Kier molecular flexibility index (Phi) is 3.67. The van der Waals surface area contributed by atoms with Crippen molar-refractivity contribution in [3.05, 3.63) is 17.2 Å². The molecule has 0 bridgehead atoms. The van der Waals surface area contributed by atoms with Gasteiger partial charge >= 0.3 is 0 Å². The van der Waals surface area contributed by atoms with Crippen LogP contribution >= 0.6 is 11.6 Å². The first-order valence-corrected chi connectivity index (χ1v) is 6.41. The van der Waals surface area contributed by atoms with Crippen LogP contribution < -0.4 is 15.4 Å². The van der Waals surface area contributed by atoms with Crippen LogP contribution in [0, 0.1) is 0 Å². The molecule has 2 rings (SSSR count). The van der Waals surface area contributed by atoms with Crippen LogP contribution in [0.3, 0.4) is 0 Å². The normalized spacial score (nSPS) is 20.4. The van der Waals surface area contributed by atoms with E-state index in [1.807, 2.05) is 12.1 Å². The number of halogens is 1. The number of hydrogen-bond donors (Lipinski definition) is 1. The lowest BCUT2D eigenvalue weighted by atomic mass is 10.0. The number of hydrogen-bond acceptors (Lipinski definition) is 3. The summed E-state index contributed by atoms with van der Waals surface area (Å²) in [6.45, 7) is 3.25. The number of nitrogen functional groups attached to an aromatic ring is 1. The van der Waals surface area contributed by atoms with Crippen molar-refractivity contribution in [3.8, 4) is 5.75 Å². The Morgan fingerprint density at radius 3 is 2.76 bits per heavy atom. The van der Waals surface area contributed by atoms with Crippen LogP contribution in [0.1, 0.15) is 26.2 Å². The third-order valence-electron chi connectivity index (χ3n) is 3.39. The van der Waals surface area contributed by atoms with Gasteiger partial charge in [-0.3, -0.25) is 0 Å². The summed E-state index contributed by atoms with van der Waals surface area (Å²) < 4.78 is 5.16. The van der Waals surface area contributed by atoms with Gasteiger partial charge in [0.1, 0.15) is 5.75 Å². The monoisotopic (exact) mass is 254 g/mol. The van der Waals surface area contributed by atoms with Crippen molar-refractivity contribution < 1.29 is 4.74 Å². The fraction of sp³-hybridized carbons (Fsp3) is 0.538. The van der Waals surface area contributed by atoms with Gasteiger partial charge in [0, 0.05) is 24.7 Å². The molecule has 0 spiro atoms. The standard InChI is InChI=1S/C13H19ClN2O/c1-9-5-3-4-6-16(9)13-11(14)7-10(17-2)8-12(13)15/h7-9H,3-6,15H2,1-2H3/t9-/m1/s1. The molecule has 0 unspecified atom stereocenters. The summed E-state index contributed by atoms with van der Waals surface area (Å²) in [5.74, 6) is 0.709. The molecule has 0 radical (unpaired) electrons. The number of rotatable bonds is 2. The van der Waals surface area contributed by atoms with E-state index in [4.69, 9.17) is 22.1 Å². The summed E-state index contributed by atoms with van der Waals surface area (Å²) in [5.41, 5.74) is 7.74. The van der Waals surface area contributed by atoms with Gasteiger partial charge in [0.25, 0.3) is 0 Å². The van der Waals surface area contributed by atoms with Crippen molar-refractivity contribution in [1.82, 2.24) is 0 Å². The highest BCUT2D eigenvalue weighted by Gasteiger charge is 2.23. The Morgan fingerprint density at radius 1 is 1.41 bits per heavy atom. The van der Waals surface area contributed by atoms with Crippen LogP contribution in [0.15, 0.2) is 12.1 Å². The van der Waals surface area contributed by atoms with Gasteiger partial charge in [-0.1, -0.05) is 11.6 Å². The van der Waals surface area contributed by atoms with Gasteiger partial charge < -0.3 is 15.4 Å². The van der Waals surface area contributed by atoms with Crippen LogP contribution in [0.5, 0.6) is 5.75 Å². The van der Waals surface area contributed by atoms with Crippen LogP contribution in [0.2, 0.25) is 5.02 Å². The fourth-order valence-electron chi connectivity index (χ4n) is 2.45. The first-order chi connectivity index (χ1) is 8.13. The Bertz CT molecular complexity index is 385. The molecule has 1 aliphatic rings. The molecule has 1 aliphatic heterocycles. The minimum atomic E-state index is 0.497. The van der Waals surface area contributed by atoms with Crippen molar-refractivity contribution in [2.24, 2.45) is 0 Å². The van der Waals surface area contributed by atoms with E-state index in [2.05, 4.69) is 11.8 Å². The maximum Gasteiger partial charge on any atom is 0.122 e. The molecule has 1 fully saturated rings. The average molecular weight is 255 g/mol. The molecule has 0 saturated carbocycles. The lowest BCUT2D eigenvalue weighted by Crippen LogP contribution is -2.38. The highest BCUT2D eigenvalue weighted by Crippen LogP contribution is 2.38. The van der Waals surface area contributed by atoms with E-state index in [0.717, 1.165) is 12.2 Å². The summed E-state index contributed by atoms with van der Waals surface area (Å²) in [7, 11) is 1.62. The molecule has 3 nitrogen and oxygen atoms in total. The second-order valence-corrected chi connectivity index (χ2v) is 4.99. The maximum atomic E-state index is 6.31. The number of nitrogens with zero attached hydrogens (tertiary/aromatic N) is 1. The van der Waals surface area contributed by atoms with Gasteiger partial charge in [-0.2, -0.15) is 0 Å². The molecular formula is C13H19ClN2O. The number of nitrogens with two attached hydrogens (primary N) is 1. The number of piperidine rings is 1. The molecule has 94 valence electrons. The number of methoxy groups -OCH3 is 1. The second-order valence-electron chi connectivity index (χ2n) is 4.59. The van der Waals surface area contributed by atoms with E-state index >= 15 is 0 Å². The SMILES string of the molecule is COc1cc(N)c(N2CCCC[C@H]2C)c(Cl)c1. The van der Waals surface area contributed by atoms with Crippen LogP contribution in [-0.4, -0.2) is 19.7 Å². The van der Waals surface area contributed by atoms with Crippen molar-refractivity contribution >= 4 is 23.0 Å². The lowest BCUT2D eigenvalue weighted by molar-refractivity contribution is 0.415. The van der Waals surface area contributed by atoms with Crippen LogP contribution in [0.4, 0.5) is 11.4 Å². The highest BCUT2D eigenvalue weighted by atomic mass is 35.5. The predicted octanol–water partition coefficient (Wildman–Crippen LogP) is 3.31. The van der Waals surface area contributed by atoms with E-state index in [1.54, 1.807) is 7.11 Å². The van der Waals surface area contributed by atoms with Crippen molar-refractivity contribution in [3.63, 3.8) is 0 Å². The molecular weight excluding hydrogens is 236 g/mol. The molecule has 1 aromatic rings.